The van der Waals surface area contributed by atoms with Crippen LogP contribution in [-0.4, -0.2) is 46.9 Å². The first-order valence-electron chi connectivity index (χ1n) is 8.61. The van der Waals surface area contributed by atoms with Gasteiger partial charge in [-0.2, -0.15) is 18.4 Å². The van der Waals surface area contributed by atoms with Crippen LogP contribution in [0.1, 0.15) is 36.2 Å². The van der Waals surface area contributed by atoms with Crippen molar-refractivity contribution in [2.75, 3.05) is 19.7 Å². The second-order valence-corrected chi connectivity index (χ2v) is 7.62. The average molecular weight is 393 g/mol. The molecule has 2 aliphatic rings. The number of morpholine rings is 1. The van der Waals surface area contributed by atoms with Gasteiger partial charge >= 0.3 is 6.18 Å². The van der Waals surface area contributed by atoms with Crippen LogP contribution in [0.3, 0.4) is 0 Å². The van der Waals surface area contributed by atoms with Gasteiger partial charge in [0.05, 0.1) is 29.9 Å². The molecule has 1 amide bonds. The number of ketones is 1. The molecule has 1 aromatic heterocycles. The molecule has 0 N–H and O–H groups in total. The predicted molar refractivity (Wildman–Crippen MR) is 90.9 cm³/mol. The van der Waals surface area contributed by atoms with E-state index >= 15 is 0 Å². The van der Waals surface area contributed by atoms with Crippen molar-refractivity contribution in [1.29, 1.82) is 5.26 Å². The van der Waals surface area contributed by atoms with Crippen molar-refractivity contribution in [3.8, 4) is 6.07 Å². The monoisotopic (exact) mass is 393 g/mol. The van der Waals surface area contributed by atoms with E-state index in [0.717, 1.165) is 12.3 Å². The van der Waals surface area contributed by atoms with Crippen LogP contribution in [0.2, 0.25) is 0 Å². The van der Waals surface area contributed by atoms with Gasteiger partial charge in [0.15, 0.2) is 5.78 Å². The van der Waals surface area contributed by atoms with Gasteiger partial charge in [0.25, 0.3) is 5.91 Å². The number of halogens is 3. The third kappa shape index (κ3) is 3.52. The van der Waals surface area contributed by atoms with Crippen molar-refractivity contribution in [1.82, 2.24) is 9.88 Å². The van der Waals surface area contributed by atoms with Gasteiger partial charge in [-0.25, -0.2) is 0 Å². The van der Waals surface area contributed by atoms with Crippen LogP contribution in [0.5, 0.6) is 0 Å². The lowest BCUT2D eigenvalue weighted by Gasteiger charge is -2.46. The van der Waals surface area contributed by atoms with Crippen LogP contribution < -0.4 is 0 Å². The number of Topliss-reactive ketones (excluding diaryl/α,β-unsaturated/α-hetero) is 1. The zero-order valence-corrected chi connectivity index (χ0v) is 15.3. The highest BCUT2D eigenvalue weighted by Crippen LogP contribution is 2.41. The van der Waals surface area contributed by atoms with Gasteiger partial charge in [0.2, 0.25) is 0 Å². The maximum Gasteiger partial charge on any atom is 0.418 e. The molecule has 0 bridgehead atoms. The maximum atomic E-state index is 13.2. The Labute approximate surface area is 159 Å². The first kappa shape index (κ1) is 20.0. The lowest BCUT2D eigenvalue weighted by molar-refractivity contribution is -0.139. The van der Waals surface area contributed by atoms with E-state index in [2.05, 4.69) is 4.98 Å². The topological polar surface area (TPSA) is 83.3 Å². The van der Waals surface area contributed by atoms with E-state index in [0.29, 0.717) is 6.20 Å². The summed E-state index contributed by atoms with van der Waals surface area (Å²) in [6, 6.07) is 2.90. The van der Waals surface area contributed by atoms with Crippen LogP contribution in [0.15, 0.2) is 30.1 Å². The highest BCUT2D eigenvalue weighted by molar-refractivity contribution is 6.04. The number of nitrogens with zero attached hydrogens (tertiary/aromatic N) is 3. The molecule has 1 atom stereocenters. The fourth-order valence-corrected chi connectivity index (χ4v) is 3.81. The van der Waals surface area contributed by atoms with Crippen molar-refractivity contribution >= 4 is 11.7 Å². The Balaban J connectivity index is 1.95. The Bertz CT molecular complexity index is 902. The number of amides is 1. The number of rotatable bonds is 1. The quantitative estimate of drug-likeness (QED) is 0.733. The van der Waals surface area contributed by atoms with E-state index in [1.165, 1.54) is 11.0 Å². The number of pyridine rings is 1. The highest BCUT2D eigenvalue weighted by atomic mass is 19.4. The van der Waals surface area contributed by atoms with E-state index in [-0.39, 0.29) is 37.5 Å². The lowest BCUT2D eigenvalue weighted by atomic mass is 9.69. The minimum atomic E-state index is -4.71. The molecule has 1 aliphatic carbocycles. The van der Waals surface area contributed by atoms with Gasteiger partial charge in [-0.1, -0.05) is 13.8 Å². The molecule has 1 saturated heterocycles. The minimum Gasteiger partial charge on any atom is -0.367 e. The molecule has 1 spiro atoms. The zero-order valence-electron chi connectivity index (χ0n) is 15.3. The molecule has 3 rings (SSSR count). The number of nitriles is 1. The van der Waals surface area contributed by atoms with Gasteiger partial charge in [0, 0.05) is 24.4 Å². The summed E-state index contributed by atoms with van der Waals surface area (Å²) in [7, 11) is 0. The van der Waals surface area contributed by atoms with Gasteiger partial charge < -0.3 is 9.64 Å². The summed E-state index contributed by atoms with van der Waals surface area (Å²) in [6.45, 7) is 3.49. The molecule has 148 valence electrons. The molecule has 1 aliphatic heterocycles. The molecule has 28 heavy (non-hydrogen) atoms. The van der Waals surface area contributed by atoms with Crippen LogP contribution in [0, 0.1) is 16.7 Å². The molecule has 1 fully saturated rings. The van der Waals surface area contributed by atoms with Crippen LogP contribution >= 0.6 is 0 Å². The number of hydrogen-bond donors (Lipinski definition) is 0. The Hall–Kier alpha value is -2.73. The van der Waals surface area contributed by atoms with Gasteiger partial charge in [-0.05, 0) is 18.6 Å². The number of alkyl halides is 3. The molecule has 6 nitrogen and oxygen atoms in total. The van der Waals surface area contributed by atoms with Crippen molar-refractivity contribution in [2.24, 2.45) is 5.41 Å². The largest absolute Gasteiger partial charge is 0.418 e. The molecule has 0 saturated carbocycles. The molecular weight excluding hydrogens is 375 g/mol. The fourth-order valence-electron chi connectivity index (χ4n) is 3.81. The Kier molecular flexibility index (Phi) is 4.79. The second kappa shape index (κ2) is 6.71. The van der Waals surface area contributed by atoms with E-state index in [9.17, 15) is 28.0 Å². The average Bonchev–Trinajstić information content (AvgIpc) is 2.63. The molecule has 1 aromatic rings. The first-order chi connectivity index (χ1) is 13.0. The Morgan fingerprint density at radius 1 is 1.39 bits per heavy atom. The smallest absolute Gasteiger partial charge is 0.367 e. The SMILES string of the molecule is CC1(C)CC2(C=C(C#N)C1=O)CN(C(=O)c1ccncc1C(F)(F)F)CCO2. The highest BCUT2D eigenvalue weighted by Gasteiger charge is 2.49. The van der Waals surface area contributed by atoms with Gasteiger partial charge in [0.1, 0.15) is 11.7 Å². The summed E-state index contributed by atoms with van der Waals surface area (Å²) >= 11 is 0. The third-order valence-corrected chi connectivity index (χ3v) is 4.98. The van der Waals surface area contributed by atoms with Crippen molar-refractivity contribution in [3.63, 3.8) is 0 Å². The van der Waals surface area contributed by atoms with E-state index in [1.54, 1.807) is 13.8 Å². The van der Waals surface area contributed by atoms with Crippen molar-refractivity contribution in [2.45, 2.75) is 32.0 Å². The summed E-state index contributed by atoms with van der Waals surface area (Å²) in [5.74, 6) is -1.11. The van der Waals surface area contributed by atoms with Gasteiger partial charge in [-0.15, -0.1) is 0 Å². The zero-order chi connectivity index (χ0) is 20.7. The molecule has 2 heterocycles. The summed E-state index contributed by atoms with van der Waals surface area (Å²) < 4.78 is 45.6. The molecule has 9 heteroatoms. The summed E-state index contributed by atoms with van der Waals surface area (Å²) in [5, 5.41) is 9.28. The maximum absolute atomic E-state index is 13.2. The number of carbonyl (C=O) groups excluding carboxylic acids is 2. The van der Waals surface area contributed by atoms with E-state index in [1.807, 2.05) is 6.07 Å². The minimum absolute atomic E-state index is 0.0483. The number of aromatic nitrogens is 1. The summed E-state index contributed by atoms with van der Waals surface area (Å²) in [6.07, 6.45) is -1.34. The fraction of sp³-hybridized carbons (Fsp3) is 0.474. The standard InChI is InChI=1S/C19H18F3N3O3/c1-17(2)10-18(7-12(8-23)15(17)26)11-25(5-6-28-18)16(27)13-3-4-24-9-14(13)19(20,21)22/h3-4,7,9H,5-6,10-11H2,1-2H3. The first-order valence-corrected chi connectivity index (χ1v) is 8.61. The lowest BCUT2D eigenvalue weighted by Crippen LogP contribution is -2.57. The van der Waals surface area contributed by atoms with Gasteiger partial charge in [-0.3, -0.25) is 14.6 Å². The number of carbonyl (C=O) groups is 2. The van der Waals surface area contributed by atoms with Crippen molar-refractivity contribution < 1.29 is 27.5 Å². The molecular formula is C19H18F3N3O3. The molecule has 0 aromatic carbocycles. The Morgan fingerprint density at radius 3 is 2.75 bits per heavy atom. The summed E-state index contributed by atoms with van der Waals surface area (Å²) in [4.78, 5) is 29.9. The Morgan fingerprint density at radius 2 is 2.11 bits per heavy atom. The summed E-state index contributed by atoms with van der Waals surface area (Å²) in [5.41, 5.74) is -3.64. The molecule has 1 unspecified atom stereocenters. The van der Waals surface area contributed by atoms with E-state index < -0.39 is 34.2 Å². The normalized spacial score (nSPS) is 24.6. The second-order valence-electron chi connectivity index (χ2n) is 7.62. The number of hydrogen-bond acceptors (Lipinski definition) is 5. The molecule has 0 radical (unpaired) electrons. The predicted octanol–water partition coefficient (Wildman–Crippen LogP) is 2.76. The third-order valence-electron chi connectivity index (χ3n) is 4.98. The van der Waals surface area contributed by atoms with Crippen LogP contribution in [-0.2, 0) is 15.7 Å². The van der Waals surface area contributed by atoms with Crippen molar-refractivity contribution in [3.05, 3.63) is 41.2 Å². The number of ether oxygens (including phenoxy) is 1. The van der Waals surface area contributed by atoms with E-state index in [4.69, 9.17) is 4.74 Å². The van der Waals surface area contributed by atoms with Crippen LogP contribution in [0.25, 0.3) is 0 Å². The van der Waals surface area contributed by atoms with Crippen LogP contribution in [0.4, 0.5) is 13.2 Å². The number of allylic oxidation sites excluding steroid dienone is 1.